The fraction of sp³-hybridized carbons (Fsp3) is 0.600. The van der Waals surface area contributed by atoms with Gasteiger partial charge in [-0.15, -0.1) is 0 Å². The minimum atomic E-state index is -3.10. The van der Waals surface area contributed by atoms with Gasteiger partial charge >= 0.3 is 0 Å². The van der Waals surface area contributed by atoms with Gasteiger partial charge in [0, 0.05) is 30.9 Å². The van der Waals surface area contributed by atoms with Crippen LogP contribution in [-0.4, -0.2) is 37.7 Å². The lowest BCUT2D eigenvalue weighted by Gasteiger charge is -2.37. The first-order valence-electron chi connectivity index (χ1n) is 7.24. The molecule has 0 spiro atoms. The molecule has 1 aromatic rings. The van der Waals surface area contributed by atoms with E-state index in [0.717, 1.165) is 19.4 Å². The van der Waals surface area contributed by atoms with Gasteiger partial charge in [0.1, 0.15) is 0 Å². The highest BCUT2D eigenvalue weighted by atomic mass is 32.2. The van der Waals surface area contributed by atoms with Crippen LogP contribution in [0.2, 0.25) is 0 Å². The Morgan fingerprint density at radius 3 is 2.20 bits per heavy atom. The first-order chi connectivity index (χ1) is 9.43. The van der Waals surface area contributed by atoms with Crippen molar-refractivity contribution in [3.05, 3.63) is 29.8 Å². The maximum atomic E-state index is 11.5. The van der Waals surface area contributed by atoms with Crippen LogP contribution in [0.15, 0.2) is 29.2 Å². The summed E-state index contributed by atoms with van der Waals surface area (Å²) in [5.41, 5.74) is 7.27. The highest BCUT2D eigenvalue weighted by molar-refractivity contribution is 7.90. The number of hydrogen-bond acceptors (Lipinski definition) is 4. The molecule has 20 heavy (non-hydrogen) atoms. The van der Waals surface area contributed by atoms with E-state index in [0.29, 0.717) is 23.0 Å². The Morgan fingerprint density at radius 2 is 1.70 bits per heavy atom. The zero-order chi connectivity index (χ0) is 14.3. The molecule has 2 aliphatic heterocycles. The number of piperidine rings is 1. The van der Waals surface area contributed by atoms with E-state index in [-0.39, 0.29) is 0 Å². The van der Waals surface area contributed by atoms with Gasteiger partial charge in [-0.3, -0.25) is 4.90 Å². The first kappa shape index (κ1) is 14.0. The van der Waals surface area contributed by atoms with E-state index in [1.54, 1.807) is 12.1 Å². The van der Waals surface area contributed by atoms with Crippen LogP contribution >= 0.6 is 0 Å². The van der Waals surface area contributed by atoms with Crippen LogP contribution in [0.5, 0.6) is 0 Å². The smallest absolute Gasteiger partial charge is 0.175 e. The normalized spacial score (nSPS) is 30.6. The molecular weight excluding hydrogens is 272 g/mol. The zero-order valence-electron chi connectivity index (χ0n) is 11.8. The van der Waals surface area contributed by atoms with Gasteiger partial charge in [0.15, 0.2) is 9.84 Å². The van der Waals surface area contributed by atoms with Gasteiger partial charge in [0.05, 0.1) is 4.90 Å². The lowest BCUT2D eigenvalue weighted by atomic mass is 9.97. The van der Waals surface area contributed by atoms with Gasteiger partial charge in [0.2, 0.25) is 0 Å². The Bertz CT molecular complexity index is 568. The lowest BCUT2D eigenvalue weighted by molar-refractivity contribution is 0.120. The fourth-order valence-corrected chi connectivity index (χ4v) is 4.26. The molecule has 2 fully saturated rings. The summed E-state index contributed by atoms with van der Waals surface area (Å²) in [5, 5.41) is 0. The van der Waals surface area contributed by atoms with Crippen molar-refractivity contribution in [1.29, 1.82) is 0 Å². The monoisotopic (exact) mass is 294 g/mol. The number of hydrogen-bond donors (Lipinski definition) is 1. The van der Waals surface area contributed by atoms with Crippen molar-refractivity contribution < 1.29 is 8.42 Å². The molecule has 110 valence electrons. The van der Waals surface area contributed by atoms with Crippen LogP contribution in [0.1, 0.15) is 31.2 Å². The summed E-state index contributed by atoms with van der Waals surface area (Å²) in [6.07, 6.45) is 5.93. The molecule has 1 aromatic carbocycles. The topological polar surface area (TPSA) is 63.4 Å². The quantitative estimate of drug-likeness (QED) is 0.918. The zero-order valence-corrected chi connectivity index (χ0v) is 12.6. The third-order valence-electron chi connectivity index (χ3n) is 4.64. The fourth-order valence-electron chi connectivity index (χ4n) is 3.63. The van der Waals surface area contributed by atoms with Crippen molar-refractivity contribution in [2.75, 3.05) is 6.26 Å². The average Bonchev–Trinajstić information content (AvgIpc) is 2.62. The Balaban J connectivity index is 1.73. The third-order valence-corrected chi connectivity index (χ3v) is 5.77. The second kappa shape index (κ2) is 5.13. The van der Waals surface area contributed by atoms with E-state index in [4.69, 9.17) is 5.73 Å². The molecule has 0 saturated carbocycles. The van der Waals surface area contributed by atoms with Gasteiger partial charge in [0.25, 0.3) is 0 Å². The molecule has 2 bridgehead atoms. The maximum Gasteiger partial charge on any atom is 0.175 e. The highest BCUT2D eigenvalue weighted by Gasteiger charge is 2.39. The van der Waals surface area contributed by atoms with Gasteiger partial charge < -0.3 is 5.73 Å². The van der Waals surface area contributed by atoms with E-state index < -0.39 is 9.84 Å². The number of nitrogens with zero attached hydrogens (tertiary/aromatic N) is 1. The molecule has 2 aliphatic rings. The predicted octanol–water partition coefficient (Wildman–Crippen LogP) is 1.54. The van der Waals surface area contributed by atoms with E-state index in [1.165, 1.54) is 24.7 Å². The van der Waals surface area contributed by atoms with Gasteiger partial charge in [-0.1, -0.05) is 12.1 Å². The Kier molecular flexibility index (Phi) is 3.60. The van der Waals surface area contributed by atoms with Crippen LogP contribution in [-0.2, 0) is 16.4 Å². The summed E-state index contributed by atoms with van der Waals surface area (Å²) in [5.74, 6) is 0. The van der Waals surface area contributed by atoms with Gasteiger partial charge in [-0.25, -0.2) is 8.42 Å². The summed E-state index contributed by atoms with van der Waals surface area (Å²) in [4.78, 5) is 2.95. The minimum absolute atomic E-state index is 0.358. The third kappa shape index (κ3) is 2.75. The van der Waals surface area contributed by atoms with Crippen molar-refractivity contribution in [3.63, 3.8) is 0 Å². The molecule has 3 rings (SSSR count). The highest BCUT2D eigenvalue weighted by Crippen LogP contribution is 2.36. The van der Waals surface area contributed by atoms with Crippen molar-refractivity contribution in [2.24, 2.45) is 5.73 Å². The van der Waals surface area contributed by atoms with Gasteiger partial charge in [-0.05, 0) is 43.4 Å². The first-order valence-corrected chi connectivity index (χ1v) is 9.13. The standard InChI is InChI=1S/C15H22N2O2S/c1-20(18,19)15-6-2-11(3-7-15)10-17-13-4-5-14(17)9-12(16)8-13/h2-3,6-7,12-14H,4-5,8-10,16H2,1H3. The van der Waals surface area contributed by atoms with E-state index in [2.05, 4.69) is 4.90 Å². The number of benzene rings is 1. The van der Waals surface area contributed by atoms with Crippen molar-refractivity contribution in [2.45, 2.75) is 55.2 Å². The second-order valence-corrected chi connectivity index (χ2v) is 8.22. The number of fused-ring (bicyclic) bond motifs is 2. The molecule has 2 unspecified atom stereocenters. The van der Waals surface area contributed by atoms with Crippen molar-refractivity contribution in [3.8, 4) is 0 Å². The van der Waals surface area contributed by atoms with Crippen LogP contribution in [0.4, 0.5) is 0 Å². The molecule has 0 radical (unpaired) electrons. The van der Waals surface area contributed by atoms with E-state index in [1.807, 2.05) is 12.1 Å². The molecule has 0 aliphatic carbocycles. The lowest BCUT2D eigenvalue weighted by Crippen LogP contribution is -2.46. The average molecular weight is 294 g/mol. The summed E-state index contributed by atoms with van der Waals surface area (Å²) in [7, 11) is -3.10. The van der Waals surface area contributed by atoms with E-state index in [9.17, 15) is 8.42 Å². The number of nitrogens with two attached hydrogens (primary N) is 1. The molecule has 2 atom stereocenters. The SMILES string of the molecule is CS(=O)(=O)c1ccc(CN2C3CCC2CC(N)C3)cc1. The second-order valence-electron chi connectivity index (χ2n) is 6.20. The van der Waals surface area contributed by atoms with Crippen molar-refractivity contribution >= 4 is 9.84 Å². The minimum Gasteiger partial charge on any atom is -0.328 e. The molecule has 0 amide bonds. The molecule has 4 nitrogen and oxygen atoms in total. The summed E-state index contributed by atoms with van der Waals surface area (Å²) >= 11 is 0. The molecule has 5 heteroatoms. The Labute approximate surface area is 120 Å². The van der Waals surface area contributed by atoms with Crippen LogP contribution in [0.25, 0.3) is 0 Å². The molecule has 2 N–H and O–H groups in total. The summed E-state index contributed by atoms with van der Waals surface area (Å²) in [6, 6.07) is 8.87. The van der Waals surface area contributed by atoms with Crippen LogP contribution < -0.4 is 5.73 Å². The number of sulfone groups is 1. The predicted molar refractivity (Wildman–Crippen MR) is 79.1 cm³/mol. The van der Waals surface area contributed by atoms with E-state index >= 15 is 0 Å². The van der Waals surface area contributed by atoms with Crippen molar-refractivity contribution in [1.82, 2.24) is 4.90 Å². The largest absolute Gasteiger partial charge is 0.328 e. The van der Waals surface area contributed by atoms with Gasteiger partial charge in [-0.2, -0.15) is 0 Å². The molecular formula is C15H22N2O2S. The maximum absolute atomic E-state index is 11.5. The molecule has 2 saturated heterocycles. The van der Waals surface area contributed by atoms with Crippen LogP contribution in [0.3, 0.4) is 0 Å². The summed E-state index contributed by atoms with van der Waals surface area (Å²) in [6.45, 7) is 0.909. The summed E-state index contributed by atoms with van der Waals surface area (Å²) < 4.78 is 22.9. The molecule has 0 aromatic heterocycles. The Hall–Kier alpha value is -0.910. The number of rotatable bonds is 3. The van der Waals surface area contributed by atoms with Crippen LogP contribution in [0, 0.1) is 0 Å². The molecule has 2 heterocycles. The Morgan fingerprint density at radius 1 is 1.15 bits per heavy atom.